The quantitative estimate of drug-likeness (QED) is 0.776. The normalized spacial score (nSPS) is 13.6. The highest BCUT2D eigenvalue weighted by molar-refractivity contribution is 5.03. The summed E-state index contributed by atoms with van der Waals surface area (Å²) < 4.78 is 5.28. The van der Waals surface area contributed by atoms with E-state index in [1.807, 2.05) is 6.92 Å². The van der Waals surface area contributed by atoms with Crippen molar-refractivity contribution in [1.82, 2.24) is 4.98 Å². The van der Waals surface area contributed by atoms with Crippen LogP contribution in [0.5, 0.6) is 0 Å². The number of oxazole rings is 1. The molecule has 0 saturated heterocycles. The summed E-state index contributed by atoms with van der Waals surface area (Å²) in [6.07, 6.45) is 2.50. The fraction of sp³-hybridized carbons (Fsp3) is 0.700. The standard InChI is InChI=1S/C10H17NO2/c1-7(2)4-10-11-9(6-13-10)8(3)5-12/h6-8,12H,4-5H2,1-3H3. The Labute approximate surface area is 78.8 Å². The summed E-state index contributed by atoms with van der Waals surface area (Å²) in [4.78, 5) is 4.29. The van der Waals surface area contributed by atoms with E-state index < -0.39 is 0 Å². The molecule has 0 aliphatic carbocycles. The zero-order valence-corrected chi connectivity index (χ0v) is 8.45. The van der Waals surface area contributed by atoms with Gasteiger partial charge in [-0.2, -0.15) is 0 Å². The van der Waals surface area contributed by atoms with Crippen molar-refractivity contribution in [3.05, 3.63) is 17.8 Å². The molecule has 0 aliphatic rings. The van der Waals surface area contributed by atoms with Crippen LogP contribution in [0.4, 0.5) is 0 Å². The third kappa shape index (κ3) is 2.84. The summed E-state index contributed by atoms with van der Waals surface area (Å²) in [6.45, 7) is 6.29. The Morgan fingerprint density at radius 2 is 2.15 bits per heavy atom. The number of aliphatic hydroxyl groups excluding tert-OH is 1. The Bertz CT molecular complexity index is 255. The summed E-state index contributed by atoms with van der Waals surface area (Å²) in [7, 11) is 0. The number of aromatic nitrogens is 1. The van der Waals surface area contributed by atoms with Crippen LogP contribution in [0, 0.1) is 5.92 Å². The second kappa shape index (κ2) is 4.42. The zero-order valence-electron chi connectivity index (χ0n) is 8.45. The Morgan fingerprint density at radius 3 is 2.69 bits per heavy atom. The molecule has 3 heteroatoms. The van der Waals surface area contributed by atoms with Crippen molar-refractivity contribution in [3.8, 4) is 0 Å². The van der Waals surface area contributed by atoms with Crippen LogP contribution in [-0.4, -0.2) is 16.7 Å². The van der Waals surface area contributed by atoms with Gasteiger partial charge < -0.3 is 9.52 Å². The van der Waals surface area contributed by atoms with Gasteiger partial charge in [0, 0.05) is 12.3 Å². The first-order valence-corrected chi connectivity index (χ1v) is 4.68. The van der Waals surface area contributed by atoms with Crippen LogP contribution in [-0.2, 0) is 6.42 Å². The molecule has 1 atom stereocenters. The molecule has 0 bridgehead atoms. The molecule has 13 heavy (non-hydrogen) atoms. The molecule has 1 unspecified atom stereocenters. The maximum Gasteiger partial charge on any atom is 0.194 e. The highest BCUT2D eigenvalue weighted by Crippen LogP contribution is 2.15. The lowest BCUT2D eigenvalue weighted by atomic mass is 10.1. The summed E-state index contributed by atoms with van der Waals surface area (Å²) in [5.74, 6) is 1.39. The summed E-state index contributed by atoms with van der Waals surface area (Å²) in [6, 6.07) is 0. The van der Waals surface area contributed by atoms with Crippen LogP contribution in [0.25, 0.3) is 0 Å². The maximum atomic E-state index is 8.90. The third-order valence-electron chi connectivity index (χ3n) is 1.93. The fourth-order valence-electron chi connectivity index (χ4n) is 1.09. The molecule has 0 amide bonds. The van der Waals surface area contributed by atoms with E-state index in [0.717, 1.165) is 18.0 Å². The van der Waals surface area contributed by atoms with E-state index >= 15 is 0 Å². The molecule has 1 aromatic rings. The smallest absolute Gasteiger partial charge is 0.194 e. The molecule has 0 radical (unpaired) electrons. The van der Waals surface area contributed by atoms with E-state index in [4.69, 9.17) is 9.52 Å². The number of aliphatic hydroxyl groups is 1. The van der Waals surface area contributed by atoms with Gasteiger partial charge in [0.25, 0.3) is 0 Å². The predicted octanol–water partition coefficient (Wildman–Crippen LogP) is 1.97. The third-order valence-corrected chi connectivity index (χ3v) is 1.93. The van der Waals surface area contributed by atoms with Gasteiger partial charge in [0.2, 0.25) is 0 Å². The van der Waals surface area contributed by atoms with Crippen LogP contribution in [0.15, 0.2) is 10.7 Å². The van der Waals surface area contributed by atoms with Crippen molar-refractivity contribution in [2.24, 2.45) is 5.92 Å². The lowest BCUT2D eigenvalue weighted by molar-refractivity contribution is 0.271. The van der Waals surface area contributed by atoms with Gasteiger partial charge in [-0.15, -0.1) is 0 Å². The van der Waals surface area contributed by atoms with Gasteiger partial charge in [-0.05, 0) is 5.92 Å². The number of hydrogen-bond acceptors (Lipinski definition) is 3. The average molecular weight is 183 g/mol. The first-order valence-electron chi connectivity index (χ1n) is 4.68. The van der Waals surface area contributed by atoms with Gasteiger partial charge in [-0.1, -0.05) is 20.8 Å². The van der Waals surface area contributed by atoms with Crippen molar-refractivity contribution in [1.29, 1.82) is 0 Å². The molecule has 0 fully saturated rings. The largest absolute Gasteiger partial charge is 0.449 e. The molecule has 0 saturated carbocycles. The Balaban J connectivity index is 2.63. The maximum absolute atomic E-state index is 8.90. The molecule has 3 nitrogen and oxygen atoms in total. The van der Waals surface area contributed by atoms with Crippen molar-refractivity contribution in [3.63, 3.8) is 0 Å². The monoisotopic (exact) mass is 183 g/mol. The van der Waals surface area contributed by atoms with E-state index in [-0.39, 0.29) is 12.5 Å². The molecular weight excluding hydrogens is 166 g/mol. The van der Waals surface area contributed by atoms with Crippen LogP contribution < -0.4 is 0 Å². The molecule has 0 aliphatic heterocycles. The number of rotatable bonds is 4. The van der Waals surface area contributed by atoms with Crippen LogP contribution >= 0.6 is 0 Å². The van der Waals surface area contributed by atoms with Crippen molar-refractivity contribution >= 4 is 0 Å². The predicted molar refractivity (Wildman–Crippen MR) is 50.5 cm³/mol. The van der Waals surface area contributed by atoms with Crippen LogP contribution in [0.2, 0.25) is 0 Å². The van der Waals surface area contributed by atoms with E-state index in [1.54, 1.807) is 6.26 Å². The fourth-order valence-corrected chi connectivity index (χ4v) is 1.09. The van der Waals surface area contributed by atoms with E-state index in [2.05, 4.69) is 18.8 Å². The van der Waals surface area contributed by atoms with Crippen molar-refractivity contribution in [2.45, 2.75) is 33.1 Å². The molecular formula is C10H17NO2. The highest BCUT2D eigenvalue weighted by atomic mass is 16.3. The van der Waals surface area contributed by atoms with Crippen molar-refractivity contribution in [2.75, 3.05) is 6.61 Å². The average Bonchev–Trinajstić information content (AvgIpc) is 2.50. The summed E-state index contributed by atoms with van der Waals surface area (Å²) in [5, 5.41) is 8.90. The van der Waals surface area contributed by atoms with Gasteiger partial charge in [-0.25, -0.2) is 4.98 Å². The Morgan fingerprint density at radius 1 is 1.46 bits per heavy atom. The van der Waals surface area contributed by atoms with Gasteiger partial charge in [0.05, 0.1) is 12.3 Å². The lowest BCUT2D eigenvalue weighted by Crippen LogP contribution is -2.00. The van der Waals surface area contributed by atoms with Crippen LogP contribution in [0.3, 0.4) is 0 Å². The molecule has 0 spiro atoms. The molecule has 1 rings (SSSR count). The van der Waals surface area contributed by atoms with E-state index in [0.29, 0.717) is 5.92 Å². The molecule has 0 aromatic carbocycles. The molecule has 74 valence electrons. The Hall–Kier alpha value is -0.830. The minimum Gasteiger partial charge on any atom is -0.449 e. The van der Waals surface area contributed by atoms with E-state index in [9.17, 15) is 0 Å². The van der Waals surface area contributed by atoms with Gasteiger partial charge in [0.15, 0.2) is 5.89 Å². The second-order valence-corrected chi connectivity index (χ2v) is 3.85. The number of hydrogen-bond donors (Lipinski definition) is 1. The van der Waals surface area contributed by atoms with Crippen molar-refractivity contribution < 1.29 is 9.52 Å². The highest BCUT2D eigenvalue weighted by Gasteiger charge is 2.10. The van der Waals surface area contributed by atoms with Crippen LogP contribution in [0.1, 0.15) is 38.3 Å². The lowest BCUT2D eigenvalue weighted by Gasteiger charge is -2.00. The summed E-state index contributed by atoms with van der Waals surface area (Å²) in [5.41, 5.74) is 0.846. The minimum absolute atomic E-state index is 0.0738. The summed E-state index contributed by atoms with van der Waals surface area (Å²) >= 11 is 0. The van der Waals surface area contributed by atoms with Gasteiger partial charge in [-0.3, -0.25) is 0 Å². The first-order chi connectivity index (χ1) is 6.13. The minimum atomic E-state index is 0.0738. The SMILES string of the molecule is CC(C)Cc1nc(C(C)CO)co1. The number of nitrogens with zero attached hydrogens (tertiary/aromatic N) is 1. The molecule has 1 N–H and O–H groups in total. The topological polar surface area (TPSA) is 46.3 Å². The van der Waals surface area contributed by atoms with Gasteiger partial charge >= 0.3 is 0 Å². The molecule has 1 heterocycles. The second-order valence-electron chi connectivity index (χ2n) is 3.85. The van der Waals surface area contributed by atoms with E-state index in [1.165, 1.54) is 0 Å². The first kappa shape index (κ1) is 10.3. The van der Waals surface area contributed by atoms with Gasteiger partial charge in [0.1, 0.15) is 6.26 Å². The molecule has 1 aromatic heterocycles. The zero-order chi connectivity index (χ0) is 9.84. The Kier molecular flexibility index (Phi) is 3.48.